The van der Waals surface area contributed by atoms with Crippen LogP contribution < -0.4 is 4.74 Å². The highest BCUT2D eigenvalue weighted by Crippen LogP contribution is 2.39. The van der Waals surface area contributed by atoms with Gasteiger partial charge in [-0.05, 0) is 44.0 Å². The molecule has 4 rings (SSSR count). The quantitative estimate of drug-likeness (QED) is 0.905. The molecule has 1 aromatic heterocycles. The third kappa shape index (κ3) is 3.04. The van der Waals surface area contributed by atoms with Crippen LogP contribution in [0.3, 0.4) is 0 Å². The number of nitrogens with one attached hydrogen (secondary N) is 1. The van der Waals surface area contributed by atoms with Gasteiger partial charge in [-0.1, -0.05) is 12.8 Å². The average molecular weight is 330 g/mol. The van der Waals surface area contributed by atoms with Crippen LogP contribution in [0.2, 0.25) is 0 Å². The number of ether oxygens (including phenoxy) is 2. The molecule has 1 aromatic carbocycles. The van der Waals surface area contributed by atoms with Gasteiger partial charge in [0.2, 0.25) is 0 Å². The van der Waals surface area contributed by atoms with Gasteiger partial charge < -0.3 is 19.6 Å². The Hall–Kier alpha value is -1.56. The molecule has 0 amide bonds. The summed E-state index contributed by atoms with van der Waals surface area (Å²) < 4.78 is 11.5. The van der Waals surface area contributed by atoms with Crippen LogP contribution in [0.5, 0.6) is 5.75 Å². The Morgan fingerprint density at radius 1 is 1.21 bits per heavy atom. The first kappa shape index (κ1) is 15.9. The van der Waals surface area contributed by atoms with E-state index < -0.39 is 5.60 Å². The lowest BCUT2D eigenvalue weighted by Gasteiger charge is -2.32. The molecule has 2 N–H and O–H groups in total. The minimum atomic E-state index is -0.679. The van der Waals surface area contributed by atoms with Gasteiger partial charge in [0.05, 0.1) is 13.2 Å². The second-order valence-corrected chi connectivity index (χ2v) is 7.04. The summed E-state index contributed by atoms with van der Waals surface area (Å²) in [6.45, 7) is 5.44. The molecule has 2 heterocycles. The Morgan fingerprint density at radius 2 is 1.96 bits per heavy atom. The van der Waals surface area contributed by atoms with E-state index in [4.69, 9.17) is 9.47 Å². The summed E-state index contributed by atoms with van der Waals surface area (Å²) in [7, 11) is 0. The van der Waals surface area contributed by atoms with Crippen molar-refractivity contribution < 1.29 is 14.6 Å². The molecular weight excluding hydrogens is 304 g/mol. The third-order valence-electron chi connectivity index (χ3n) is 5.39. The van der Waals surface area contributed by atoms with E-state index in [1.54, 1.807) is 0 Å². The van der Waals surface area contributed by atoms with Gasteiger partial charge in [-0.25, -0.2) is 0 Å². The summed E-state index contributed by atoms with van der Waals surface area (Å²) in [5.41, 5.74) is 1.31. The molecule has 1 saturated heterocycles. The number of hydrogen-bond acceptors (Lipinski definition) is 4. The summed E-state index contributed by atoms with van der Waals surface area (Å²) in [6, 6.07) is 8.17. The summed E-state index contributed by atoms with van der Waals surface area (Å²) in [5, 5.41) is 11.9. The summed E-state index contributed by atoms with van der Waals surface area (Å²) in [4.78, 5) is 5.68. The van der Waals surface area contributed by atoms with Crippen molar-refractivity contribution in [1.82, 2.24) is 9.88 Å². The molecule has 130 valence electrons. The molecule has 1 aliphatic carbocycles. The minimum absolute atomic E-state index is 0.0313. The van der Waals surface area contributed by atoms with Crippen LogP contribution in [0.15, 0.2) is 24.3 Å². The number of aliphatic hydroxyl groups is 1. The zero-order valence-electron chi connectivity index (χ0n) is 14.3. The molecule has 1 saturated carbocycles. The van der Waals surface area contributed by atoms with E-state index in [2.05, 4.69) is 28.9 Å². The van der Waals surface area contributed by atoms with Gasteiger partial charge in [0.15, 0.2) is 0 Å². The molecule has 5 heteroatoms. The summed E-state index contributed by atoms with van der Waals surface area (Å²) >= 11 is 0. The number of H-pyrrole nitrogens is 1. The van der Waals surface area contributed by atoms with Crippen LogP contribution in [-0.4, -0.2) is 47.5 Å². The van der Waals surface area contributed by atoms with E-state index in [-0.39, 0.29) is 6.23 Å². The molecule has 24 heavy (non-hydrogen) atoms. The van der Waals surface area contributed by atoms with Crippen LogP contribution in [-0.2, 0) is 10.3 Å². The Kier molecular flexibility index (Phi) is 4.24. The second kappa shape index (κ2) is 6.39. The normalized spacial score (nSPS) is 22.8. The SMILES string of the molecule is CC(Oc1ccc2[nH]c(C3(O)CCCC3)cc2c1)N1CCOCC1. The first-order valence-corrected chi connectivity index (χ1v) is 8.98. The highest BCUT2D eigenvalue weighted by Gasteiger charge is 2.34. The van der Waals surface area contributed by atoms with E-state index in [1.165, 1.54) is 0 Å². The molecular formula is C19H26N2O3. The lowest BCUT2D eigenvalue weighted by Crippen LogP contribution is -2.44. The number of morpholine rings is 1. The topological polar surface area (TPSA) is 57.7 Å². The fourth-order valence-electron chi connectivity index (χ4n) is 3.88. The number of fused-ring (bicyclic) bond motifs is 1. The molecule has 1 atom stereocenters. The highest BCUT2D eigenvalue weighted by molar-refractivity contribution is 5.82. The number of benzene rings is 1. The Balaban J connectivity index is 1.52. The number of hydrogen-bond donors (Lipinski definition) is 2. The predicted molar refractivity (Wildman–Crippen MR) is 93.1 cm³/mol. The molecule has 0 spiro atoms. The standard InChI is InChI=1S/C19H26N2O3/c1-14(21-8-10-23-11-9-21)24-16-4-5-17-15(12-16)13-18(20-17)19(22)6-2-3-7-19/h4-5,12-14,20,22H,2-3,6-11H2,1H3. The first-order valence-electron chi connectivity index (χ1n) is 8.98. The van der Waals surface area contributed by atoms with Crippen LogP contribution in [0, 0.1) is 0 Å². The van der Waals surface area contributed by atoms with Gasteiger partial charge in [-0.15, -0.1) is 0 Å². The third-order valence-corrected chi connectivity index (χ3v) is 5.39. The fourth-order valence-corrected chi connectivity index (χ4v) is 3.88. The maximum atomic E-state index is 10.8. The van der Waals surface area contributed by atoms with Crippen LogP contribution in [0.4, 0.5) is 0 Å². The molecule has 1 aliphatic heterocycles. The molecule has 2 aliphatic rings. The van der Waals surface area contributed by atoms with Gasteiger partial charge in [0, 0.05) is 29.7 Å². The smallest absolute Gasteiger partial charge is 0.149 e. The largest absolute Gasteiger partial charge is 0.475 e. The number of aromatic amines is 1. The average Bonchev–Trinajstić information content (AvgIpc) is 3.22. The fraction of sp³-hybridized carbons (Fsp3) is 0.579. The Morgan fingerprint density at radius 3 is 2.71 bits per heavy atom. The first-order chi connectivity index (χ1) is 11.6. The van der Waals surface area contributed by atoms with Crippen molar-refractivity contribution in [1.29, 1.82) is 0 Å². The van der Waals surface area contributed by atoms with Crippen molar-refractivity contribution in [2.24, 2.45) is 0 Å². The molecule has 5 nitrogen and oxygen atoms in total. The van der Waals surface area contributed by atoms with Crippen molar-refractivity contribution in [2.45, 2.75) is 44.4 Å². The molecule has 0 bridgehead atoms. The zero-order valence-corrected chi connectivity index (χ0v) is 14.3. The Bertz CT molecular complexity index is 700. The van der Waals surface area contributed by atoms with Crippen LogP contribution in [0.25, 0.3) is 10.9 Å². The van der Waals surface area contributed by atoms with Gasteiger partial charge in [-0.2, -0.15) is 0 Å². The maximum Gasteiger partial charge on any atom is 0.149 e. The van der Waals surface area contributed by atoms with Crippen molar-refractivity contribution >= 4 is 10.9 Å². The minimum Gasteiger partial charge on any atom is -0.475 e. The predicted octanol–water partition coefficient (Wildman–Crippen LogP) is 2.99. The van der Waals surface area contributed by atoms with Crippen molar-refractivity contribution in [3.8, 4) is 5.75 Å². The Labute approximate surface area is 142 Å². The van der Waals surface area contributed by atoms with E-state index >= 15 is 0 Å². The number of aromatic nitrogens is 1. The van der Waals surface area contributed by atoms with Crippen LogP contribution >= 0.6 is 0 Å². The maximum absolute atomic E-state index is 10.8. The van der Waals surface area contributed by atoms with Gasteiger partial charge >= 0.3 is 0 Å². The van der Waals surface area contributed by atoms with Crippen molar-refractivity contribution in [3.63, 3.8) is 0 Å². The van der Waals surface area contributed by atoms with E-state index in [1.807, 2.05) is 12.1 Å². The molecule has 2 fully saturated rings. The second-order valence-electron chi connectivity index (χ2n) is 7.04. The van der Waals surface area contributed by atoms with Crippen LogP contribution in [0.1, 0.15) is 38.3 Å². The van der Waals surface area contributed by atoms with Crippen molar-refractivity contribution in [2.75, 3.05) is 26.3 Å². The highest BCUT2D eigenvalue weighted by atomic mass is 16.5. The zero-order chi connectivity index (χ0) is 16.6. The van der Waals surface area contributed by atoms with E-state index in [0.29, 0.717) is 0 Å². The van der Waals surface area contributed by atoms with Crippen molar-refractivity contribution in [3.05, 3.63) is 30.0 Å². The lowest BCUT2D eigenvalue weighted by atomic mass is 9.98. The van der Waals surface area contributed by atoms with Gasteiger partial charge in [0.1, 0.15) is 17.6 Å². The van der Waals surface area contributed by atoms with Gasteiger partial charge in [0.25, 0.3) is 0 Å². The molecule has 2 aromatic rings. The monoisotopic (exact) mass is 330 g/mol. The number of nitrogens with zero attached hydrogens (tertiary/aromatic N) is 1. The van der Waals surface area contributed by atoms with E-state index in [0.717, 1.165) is 74.3 Å². The van der Waals surface area contributed by atoms with E-state index in [9.17, 15) is 5.11 Å². The van der Waals surface area contributed by atoms with Gasteiger partial charge in [-0.3, -0.25) is 4.90 Å². The number of rotatable bonds is 4. The molecule has 0 radical (unpaired) electrons. The molecule has 1 unspecified atom stereocenters. The summed E-state index contributed by atoms with van der Waals surface area (Å²) in [5.74, 6) is 0.866. The summed E-state index contributed by atoms with van der Waals surface area (Å²) in [6.07, 6.45) is 3.91. The lowest BCUT2D eigenvalue weighted by molar-refractivity contribution is -0.0372.